The number of para-hydroxylation sites is 1. The molecule has 0 aliphatic rings. The molecule has 0 fully saturated rings. The van der Waals surface area contributed by atoms with Gasteiger partial charge in [0.15, 0.2) is 5.13 Å². The van der Waals surface area contributed by atoms with Crippen LogP contribution in [0.1, 0.15) is 10.4 Å². The molecule has 26 heavy (non-hydrogen) atoms. The van der Waals surface area contributed by atoms with E-state index in [4.69, 9.17) is 4.74 Å². The number of anilines is 1. The minimum Gasteiger partial charge on any atom is -0.496 e. The highest BCUT2D eigenvalue weighted by Crippen LogP contribution is 2.31. The molecule has 0 saturated carbocycles. The fraction of sp³-hybridized carbons (Fsp3) is 0.263. The molecule has 2 aromatic carbocycles. The lowest BCUT2D eigenvalue weighted by molar-refractivity contribution is 0.0982. The number of halogens is 1. The molecule has 5 nitrogen and oxygen atoms in total. The highest BCUT2D eigenvalue weighted by molar-refractivity contribution is 7.22. The largest absolute Gasteiger partial charge is 0.496 e. The third kappa shape index (κ3) is 3.84. The molecule has 0 saturated heterocycles. The highest BCUT2D eigenvalue weighted by Gasteiger charge is 2.24. The standard InChI is InChI=1S/C19H20FN3O2S/c1-22(2)10-11-23(18(24)14-6-4-5-7-16(14)25-3)19-21-15-9-8-13(20)12-17(15)26-19/h4-9,12H,10-11H2,1-3H3. The monoisotopic (exact) mass is 373 g/mol. The van der Waals surface area contributed by atoms with Crippen LogP contribution in [0.5, 0.6) is 5.75 Å². The first-order valence-electron chi connectivity index (χ1n) is 8.15. The Labute approximate surface area is 155 Å². The number of amides is 1. The fourth-order valence-electron chi connectivity index (χ4n) is 2.55. The van der Waals surface area contributed by atoms with Crippen molar-refractivity contribution in [3.05, 3.63) is 53.8 Å². The van der Waals surface area contributed by atoms with Crippen LogP contribution in [-0.4, -0.2) is 50.1 Å². The number of nitrogens with zero attached hydrogens (tertiary/aromatic N) is 3. The maximum absolute atomic E-state index is 13.5. The second-order valence-electron chi connectivity index (χ2n) is 6.07. The van der Waals surface area contributed by atoms with Crippen molar-refractivity contribution in [1.29, 1.82) is 0 Å². The summed E-state index contributed by atoms with van der Waals surface area (Å²) in [6, 6.07) is 11.5. The molecule has 7 heteroatoms. The zero-order chi connectivity index (χ0) is 18.7. The van der Waals surface area contributed by atoms with Crippen LogP contribution in [0.25, 0.3) is 10.2 Å². The summed E-state index contributed by atoms with van der Waals surface area (Å²) in [6.45, 7) is 1.14. The van der Waals surface area contributed by atoms with E-state index in [1.54, 1.807) is 29.2 Å². The Morgan fingerprint density at radius 1 is 1.19 bits per heavy atom. The molecule has 0 bridgehead atoms. The average molecular weight is 373 g/mol. The Kier molecular flexibility index (Phi) is 5.49. The first-order valence-corrected chi connectivity index (χ1v) is 8.97. The first-order chi connectivity index (χ1) is 12.5. The zero-order valence-electron chi connectivity index (χ0n) is 14.9. The van der Waals surface area contributed by atoms with Crippen molar-refractivity contribution in [1.82, 2.24) is 9.88 Å². The summed E-state index contributed by atoms with van der Waals surface area (Å²) < 4.78 is 19.5. The molecule has 1 amide bonds. The van der Waals surface area contributed by atoms with Crippen molar-refractivity contribution in [2.24, 2.45) is 0 Å². The van der Waals surface area contributed by atoms with Gasteiger partial charge in [-0.1, -0.05) is 23.5 Å². The topological polar surface area (TPSA) is 45.7 Å². The van der Waals surface area contributed by atoms with Gasteiger partial charge < -0.3 is 9.64 Å². The van der Waals surface area contributed by atoms with Crippen LogP contribution in [0, 0.1) is 5.82 Å². The number of likely N-dealkylation sites (N-methyl/N-ethyl adjacent to an activating group) is 1. The Hall–Kier alpha value is -2.51. The molecule has 1 heterocycles. The summed E-state index contributed by atoms with van der Waals surface area (Å²) in [5.74, 6) is 0.00642. The number of rotatable bonds is 6. The number of methoxy groups -OCH3 is 1. The van der Waals surface area contributed by atoms with Gasteiger partial charge in [-0.15, -0.1) is 0 Å². The number of thiazole rings is 1. The van der Waals surface area contributed by atoms with Gasteiger partial charge in [0.05, 0.1) is 22.9 Å². The molecule has 3 rings (SSSR count). The van der Waals surface area contributed by atoms with E-state index in [0.29, 0.717) is 39.8 Å². The predicted octanol–water partition coefficient (Wildman–Crippen LogP) is 3.65. The van der Waals surface area contributed by atoms with E-state index in [0.717, 1.165) is 0 Å². The van der Waals surface area contributed by atoms with E-state index in [-0.39, 0.29) is 11.7 Å². The van der Waals surface area contributed by atoms with Crippen LogP contribution >= 0.6 is 11.3 Å². The third-order valence-corrected chi connectivity index (χ3v) is 4.96. The third-order valence-electron chi connectivity index (χ3n) is 3.92. The normalized spacial score (nSPS) is 11.1. The summed E-state index contributed by atoms with van der Waals surface area (Å²) in [4.78, 5) is 21.4. The predicted molar refractivity (Wildman–Crippen MR) is 103 cm³/mol. The van der Waals surface area contributed by atoms with Crippen LogP contribution < -0.4 is 9.64 Å². The number of ether oxygens (including phenoxy) is 1. The van der Waals surface area contributed by atoms with Crippen molar-refractivity contribution < 1.29 is 13.9 Å². The molecule has 0 radical (unpaired) electrons. The van der Waals surface area contributed by atoms with Gasteiger partial charge in [0, 0.05) is 13.1 Å². The van der Waals surface area contributed by atoms with Crippen LogP contribution in [0.2, 0.25) is 0 Å². The van der Waals surface area contributed by atoms with Crippen molar-refractivity contribution >= 4 is 32.6 Å². The van der Waals surface area contributed by atoms with Gasteiger partial charge in [-0.25, -0.2) is 9.37 Å². The molecule has 0 aliphatic carbocycles. The second-order valence-corrected chi connectivity index (χ2v) is 7.08. The van der Waals surface area contributed by atoms with Crippen molar-refractivity contribution in [2.45, 2.75) is 0 Å². The molecule has 0 atom stereocenters. The second kappa shape index (κ2) is 7.80. The number of hydrogen-bond acceptors (Lipinski definition) is 5. The van der Waals surface area contributed by atoms with Gasteiger partial charge >= 0.3 is 0 Å². The van der Waals surface area contributed by atoms with Gasteiger partial charge in [0.25, 0.3) is 5.91 Å². The number of aromatic nitrogens is 1. The molecule has 1 aromatic heterocycles. The maximum atomic E-state index is 13.5. The summed E-state index contributed by atoms with van der Waals surface area (Å²) in [5.41, 5.74) is 1.15. The minimum absolute atomic E-state index is 0.191. The molecular formula is C19H20FN3O2S. The average Bonchev–Trinajstić information content (AvgIpc) is 3.04. The minimum atomic E-state index is -0.316. The van der Waals surface area contributed by atoms with E-state index in [1.165, 1.54) is 30.6 Å². The summed E-state index contributed by atoms with van der Waals surface area (Å²) in [6.07, 6.45) is 0. The molecular weight excluding hydrogens is 353 g/mol. The van der Waals surface area contributed by atoms with Gasteiger partial charge in [0.2, 0.25) is 0 Å². The Bertz CT molecular complexity index is 926. The quantitative estimate of drug-likeness (QED) is 0.662. The summed E-state index contributed by atoms with van der Waals surface area (Å²) >= 11 is 1.30. The van der Waals surface area contributed by atoms with E-state index in [9.17, 15) is 9.18 Å². The fourth-order valence-corrected chi connectivity index (χ4v) is 3.57. The van der Waals surface area contributed by atoms with Crippen LogP contribution in [0.4, 0.5) is 9.52 Å². The lowest BCUT2D eigenvalue weighted by atomic mass is 10.1. The maximum Gasteiger partial charge on any atom is 0.263 e. The first kappa shape index (κ1) is 18.3. The van der Waals surface area contributed by atoms with Gasteiger partial charge in [-0.3, -0.25) is 9.69 Å². The Balaban J connectivity index is 2.01. The van der Waals surface area contributed by atoms with Crippen LogP contribution in [-0.2, 0) is 0 Å². The molecule has 0 spiro atoms. The van der Waals surface area contributed by atoms with Gasteiger partial charge in [-0.05, 0) is 44.4 Å². The van der Waals surface area contributed by atoms with E-state index < -0.39 is 0 Å². The molecule has 3 aromatic rings. The van der Waals surface area contributed by atoms with Crippen molar-refractivity contribution in [3.63, 3.8) is 0 Å². The molecule has 0 N–H and O–H groups in total. The van der Waals surface area contributed by atoms with E-state index in [2.05, 4.69) is 4.98 Å². The van der Waals surface area contributed by atoms with E-state index >= 15 is 0 Å². The van der Waals surface area contributed by atoms with Crippen molar-refractivity contribution in [2.75, 3.05) is 39.2 Å². The SMILES string of the molecule is COc1ccccc1C(=O)N(CCN(C)C)c1nc2ccc(F)cc2s1. The van der Waals surface area contributed by atoms with Crippen LogP contribution in [0.3, 0.4) is 0 Å². The number of hydrogen-bond donors (Lipinski definition) is 0. The Morgan fingerprint density at radius 2 is 1.96 bits per heavy atom. The number of fused-ring (bicyclic) bond motifs is 1. The molecule has 0 aliphatic heterocycles. The Morgan fingerprint density at radius 3 is 2.69 bits per heavy atom. The van der Waals surface area contributed by atoms with Gasteiger partial charge in [0.1, 0.15) is 11.6 Å². The number of benzene rings is 2. The smallest absolute Gasteiger partial charge is 0.263 e. The lowest BCUT2D eigenvalue weighted by Crippen LogP contribution is -2.36. The zero-order valence-corrected chi connectivity index (χ0v) is 15.7. The lowest BCUT2D eigenvalue weighted by Gasteiger charge is -2.22. The van der Waals surface area contributed by atoms with Crippen molar-refractivity contribution in [3.8, 4) is 5.75 Å². The van der Waals surface area contributed by atoms with E-state index in [1.807, 2.05) is 25.1 Å². The molecule has 136 valence electrons. The van der Waals surface area contributed by atoms with Gasteiger partial charge in [-0.2, -0.15) is 0 Å². The summed E-state index contributed by atoms with van der Waals surface area (Å²) in [7, 11) is 5.43. The summed E-state index contributed by atoms with van der Waals surface area (Å²) in [5, 5.41) is 0.545. The van der Waals surface area contributed by atoms with Crippen LogP contribution in [0.15, 0.2) is 42.5 Å². The number of carbonyl (C=O) groups is 1. The highest BCUT2D eigenvalue weighted by atomic mass is 32.1. The molecule has 0 unspecified atom stereocenters. The number of carbonyl (C=O) groups excluding carboxylic acids is 1.